The summed E-state index contributed by atoms with van der Waals surface area (Å²) in [6, 6.07) is 6.75. The molecule has 0 amide bonds. The Balaban J connectivity index is 1.81. The minimum atomic E-state index is -4.72. The van der Waals surface area contributed by atoms with Gasteiger partial charge in [-0.25, -0.2) is 4.98 Å². The van der Waals surface area contributed by atoms with Gasteiger partial charge in [-0.1, -0.05) is 12.1 Å². The molecule has 0 aliphatic heterocycles. The van der Waals surface area contributed by atoms with E-state index in [4.69, 9.17) is 0 Å². The van der Waals surface area contributed by atoms with Gasteiger partial charge in [0.1, 0.15) is 11.6 Å². The smallest absolute Gasteiger partial charge is 0.406 e. The normalized spacial score (nSPS) is 12.8. The van der Waals surface area contributed by atoms with Gasteiger partial charge in [0.25, 0.3) is 5.56 Å². The molecule has 0 aliphatic carbocycles. The maximum atomic E-state index is 12.2. The number of rotatable bonds is 4. The Labute approximate surface area is 146 Å². The monoisotopic (exact) mass is 364 g/mol. The van der Waals surface area contributed by atoms with Gasteiger partial charge in [0.2, 0.25) is 0 Å². The van der Waals surface area contributed by atoms with Crippen LogP contribution in [0.5, 0.6) is 5.75 Å². The topological polar surface area (TPSA) is 72.8 Å². The van der Waals surface area contributed by atoms with Gasteiger partial charge in [-0.3, -0.25) is 9.48 Å². The lowest BCUT2D eigenvalue weighted by Gasteiger charge is -2.14. The van der Waals surface area contributed by atoms with Crippen LogP contribution < -0.4 is 10.3 Å². The first-order valence-corrected chi connectivity index (χ1v) is 7.69. The first-order chi connectivity index (χ1) is 12.2. The van der Waals surface area contributed by atoms with Crippen molar-refractivity contribution in [3.8, 4) is 17.0 Å². The molecule has 9 heteroatoms. The molecule has 3 rings (SSSR count). The highest BCUT2D eigenvalue weighted by atomic mass is 19.4. The van der Waals surface area contributed by atoms with Crippen LogP contribution in [-0.2, 0) is 0 Å². The molecule has 0 spiro atoms. The predicted octanol–water partition coefficient (Wildman–Crippen LogP) is 3.45. The van der Waals surface area contributed by atoms with Gasteiger partial charge in [0, 0.05) is 17.8 Å². The van der Waals surface area contributed by atoms with E-state index in [1.807, 2.05) is 6.92 Å². The molecule has 2 heterocycles. The highest BCUT2D eigenvalue weighted by molar-refractivity contribution is 5.56. The summed E-state index contributed by atoms with van der Waals surface area (Å²) in [6.07, 6.45) is -1.41. The number of ether oxygens (including phenoxy) is 1. The lowest BCUT2D eigenvalue weighted by atomic mass is 10.1. The van der Waals surface area contributed by atoms with Crippen LogP contribution in [0.25, 0.3) is 11.3 Å². The molecule has 0 radical (unpaired) electrons. The molecule has 136 valence electrons. The van der Waals surface area contributed by atoms with E-state index in [2.05, 4.69) is 19.8 Å². The Morgan fingerprint density at radius 2 is 1.92 bits per heavy atom. The molecule has 1 aromatic carbocycles. The van der Waals surface area contributed by atoms with Gasteiger partial charge < -0.3 is 9.72 Å². The molecule has 2 aromatic heterocycles. The molecular weight excluding hydrogens is 349 g/mol. The maximum absolute atomic E-state index is 12.2. The summed E-state index contributed by atoms with van der Waals surface area (Å²) >= 11 is 0. The quantitative estimate of drug-likeness (QED) is 0.770. The Morgan fingerprint density at radius 1 is 1.23 bits per heavy atom. The Kier molecular flexibility index (Phi) is 4.54. The van der Waals surface area contributed by atoms with Crippen molar-refractivity contribution in [3.05, 3.63) is 64.5 Å². The van der Waals surface area contributed by atoms with Crippen LogP contribution in [-0.4, -0.2) is 26.1 Å². The second-order valence-corrected chi connectivity index (χ2v) is 5.72. The fraction of sp³-hybridized carbons (Fsp3) is 0.235. The standard InChI is InChI=1S/C17H15F3N4O2/c1-10(12-3-5-14(6-4-12)26-17(18,19)20)24-9-13(8-21-24)15-7-16(25)23-11(2)22-15/h3-10H,1-2H3,(H,22,23,25). The second-order valence-electron chi connectivity index (χ2n) is 5.72. The van der Waals surface area contributed by atoms with E-state index in [9.17, 15) is 18.0 Å². The van der Waals surface area contributed by atoms with Gasteiger partial charge in [-0.2, -0.15) is 5.10 Å². The molecule has 1 unspecified atom stereocenters. The van der Waals surface area contributed by atoms with Gasteiger partial charge in [0.05, 0.1) is 17.9 Å². The zero-order valence-corrected chi connectivity index (χ0v) is 13.9. The average Bonchev–Trinajstić information content (AvgIpc) is 3.02. The summed E-state index contributed by atoms with van der Waals surface area (Å²) in [5, 5.41) is 4.26. The van der Waals surface area contributed by atoms with E-state index in [0.717, 1.165) is 5.56 Å². The number of benzene rings is 1. The molecule has 3 aromatic rings. The number of hydrogen-bond donors (Lipinski definition) is 1. The average molecular weight is 364 g/mol. The van der Waals surface area contributed by atoms with Crippen molar-refractivity contribution in [2.45, 2.75) is 26.3 Å². The molecule has 0 saturated heterocycles. The van der Waals surface area contributed by atoms with Crippen molar-refractivity contribution in [3.63, 3.8) is 0 Å². The number of aryl methyl sites for hydroxylation is 1. The van der Waals surface area contributed by atoms with Gasteiger partial charge in [0.15, 0.2) is 0 Å². The van der Waals surface area contributed by atoms with E-state index in [-0.39, 0.29) is 17.4 Å². The lowest BCUT2D eigenvalue weighted by Crippen LogP contribution is -2.17. The zero-order valence-electron chi connectivity index (χ0n) is 13.9. The first kappa shape index (κ1) is 17.7. The van der Waals surface area contributed by atoms with E-state index >= 15 is 0 Å². The van der Waals surface area contributed by atoms with Gasteiger partial charge in [-0.15, -0.1) is 13.2 Å². The molecule has 0 bridgehead atoms. The summed E-state index contributed by atoms with van der Waals surface area (Å²) in [5.41, 5.74) is 1.67. The van der Waals surface area contributed by atoms with Crippen molar-refractivity contribution in [1.29, 1.82) is 0 Å². The predicted molar refractivity (Wildman–Crippen MR) is 87.8 cm³/mol. The molecule has 26 heavy (non-hydrogen) atoms. The summed E-state index contributed by atoms with van der Waals surface area (Å²) in [6.45, 7) is 3.54. The zero-order chi connectivity index (χ0) is 18.9. The van der Waals surface area contributed by atoms with Crippen molar-refractivity contribution in [1.82, 2.24) is 19.7 Å². The highest BCUT2D eigenvalue weighted by Crippen LogP contribution is 2.26. The minimum absolute atomic E-state index is 0.230. The third kappa shape index (κ3) is 4.11. The number of halogens is 3. The first-order valence-electron chi connectivity index (χ1n) is 7.69. The van der Waals surface area contributed by atoms with Gasteiger partial charge >= 0.3 is 6.36 Å². The van der Waals surface area contributed by atoms with Crippen LogP contribution in [0.2, 0.25) is 0 Å². The molecule has 6 nitrogen and oxygen atoms in total. The summed E-state index contributed by atoms with van der Waals surface area (Å²) < 4.78 is 42.2. The minimum Gasteiger partial charge on any atom is -0.406 e. The second kappa shape index (κ2) is 6.66. The highest BCUT2D eigenvalue weighted by Gasteiger charge is 2.31. The molecule has 1 N–H and O–H groups in total. The molecule has 0 aliphatic rings. The van der Waals surface area contributed by atoms with Crippen LogP contribution >= 0.6 is 0 Å². The van der Waals surface area contributed by atoms with E-state index in [1.165, 1.54) is 18.2 Å². The fourth-order valence-electron chi connectivity index (χ4n) is 2.51. The maximum Gasteiger partial charge on any atom is 0.573 e. The van der Waals surface area contributed by atoms with E-state index in [1.54, 1.807) is 36.1 Å². The number of hydrogen-bond acceptors (Lipinski definition) is 4. The van der Waals surface area contributed by atoms with Crippen molar-refractivity contribution >= 4 is 0 Å². The summed E-state index contributed by atoms with van der Waals surface area (Å²) in [4.78, 5) is 18.4. The number of aromatic amines is 1. The third-order valence-corrected chi connectivity index (χ3v) is 3.75. The SMILES string of the molecule is Cc1nc(-c2cnn(C(C)c3ccc(OC(F)(F)F)cc3)c2)cc(=O)[nH]1. The largest absolute Gasteiger partial charge is 0.573 e. The number of alkyl halides is 3. The van der Waals surface area contributed by atoms with Crippen LogP contribution in [0.15, 0.2) is 47.5 Å². The number of H-pyrrole nitrogens is 1. The Bertz CT molecular complexity index is 961. The number of nitrogens with one attached hydrogen (secondary N) is 1. The van der Waals surface area contributed by atoms with Crippen LogP contribution in [0.1, 0.15) is 24.4 Å². The van der Waals surface area contributed by atoms with Crippen LogP contribution in [0.4, 0.5) is 13.2 Å². The molecule has 0 fully saturated rings. The Morgan fingerprint density at radius 3 is 2.54 bits per heavy atom. The van der Waals surface area contributed by atoms with Crippen LogP contribution in [0.3, 0.4) is 0 Å². The summed E-state index contributed by atoms with van der Waals surface area (Å²) in [5.74, 6) is 0.214. The molecule has 0 saturated carbocycles. The van der Waals surface area contributed by atoms with E-state index in [0.29, 0.717) is 17.1 Å². The molecule has 1 atom stereocenters. The number of nitrogens with zero attached hydrogens (tertiary/aromatic N) is 3. The fourth-order valence-corrected chi connectivity index (χ4v) is 2.51. The van der Waals surface area contributed by atoms with Crippen molar-refractivity contribution in [2.24, 2.45) is 0 Å². The number of aromatic nitrogens is 4. The summed E-state index contributed by atoms with van der Waals surface area (Å²) in [7, 11) is 0. The van der Waals surface area contributed by atoms with Crippen LogP contribution in [0, 0.1) is 6.92 Å². The third-order valence-electron chi connectivity index (χ3n) is 3.75. The Hall–Kier alpha value is -3.10. The van der Waals surface area contributed by atoms with Crippen molar-refractivity contribution < 1.29 is 17.9 Å². The lowest BCUT2D eigenvalue weighted by molar-refractivity contribution is -0.274. The van der Waals surface area contributed by atoms with Crippen molar-refractivity contribution in [2.75, 3.05) is 0 Å². The molecular formula is C17H15F3N4O2. The van der Waals surface area contributed by atoms with Gasteiger partial charge in [-0.05, 0) is 31.5 Å². The van der Waals surface area contributed by atoms with E-state index < -0.39 is 6.36 Å².